The second-order valence-electron chi connectivity index (χ2n) is 8.88. The fourth-order valence-corrected chi connectivity index (χ4v) is 3.97. The van der Waals surface area contributed by atoms with E-state index < -0.39 is 0 Å². The van der Waals surface area contributed by atoms with E-state index in [1.54, 1.807) is 18.5 Å². The third-order valence-electron chi connectivity index (χ3n) is 5.65. The van der Waals surface area contributed by atoms with Crippen molar-refractivity contribution in [1.82, 2.24) is 9.97 Å². The Morgan fingerprint density at radius 1 is 1.06 bits per heavy atom. The minimum Gasteiger partial charge on any atom is -0.507 e. The molecular formula is C30H34N2O2. The first-order chi connectivity index (χ1) is 16.3. The van der Waals surface area contributed by atoms with E-state index in [1.807, 2.05) is 18.3 Å². The molecule has 0 aliphatic carbocycles. The fourth-order valence-electron chi connectivity index (χ4n) is 3.97. The van der Waals surface area contributed by atoms with Crippen LogP contribution in [0.25, 0.3) is 40.4 Å². The predicted octanol–water partition coefficient (Wildman–Crippen LogP) is 6.02. The average molecular weight is 455 g/mol. The maximum absolute atomic E-state index is 10.9. The summed E-state index contributed by atoms with van der Waals surface area (Å²) in [6, 6.07) is 7.82. The molecule has 0 aliphatic heterocycles. The first kappa shape index (κ1) is 25.0. The molecule has 34 heavy (non-hydrogen) atoms. The predicted molar refractivity (Wildman–Crippen MR) is 144 cm³/mol. The number of phenolic OH excluding ortho intramolecular Hbond substituents is 2. The normalized spacial score (nSPS) is 12.0. The van der Waals surface area contributed by atoms with Crippen molar-refractivity contribution in [2.24, 2.45) is 5.92 Å². The molecule has 4 rings (SSSR count). The molecule has 0 saturated carbocycles. The summed E-state index contributed by atoms with van der Waals surface area (Å²) >= 11 is 0. The summed E-state index contributed by atoms with van der Waals surface area (Å²) in [5, 5.41) is 24.5. The number of fused-ring (bicyclic) bond motifs is 2. The molecule has 2 aromatic carbocycles. The van der Waals surface area contributed by atoms with Crippen LogP contribution in [0.5, 0.6) is 11.5 Å². The molecule has 0 aliphatic rings. The molecule has 4 aromatic rings. The molecule has 0 amide bonds. The van der Waals surface area contributed by atoms with Crippen LogP contribution in [0.3, 0.4) is 0 Å². The number of hydrogen-bond acceptors (Lipinski definition) is 4. The topological polar surface area (TPSA) is 66.2 Å². The zero-order valence-electron chi connectivity index (χ0n) is 20.8. The molecule has 2 aromatic heterocycles. The van der Waals surface area contributed by atoms with E-state index in [1.165, 1.54) is 6.42 Å². The minimum absolute atomic E-state index is 0.0697. The number of allylic oxidation sites excluding steroid dienone is 1. The quantitative estimate of drug-likeness (QED) is 0.370. The summed E-state index contributed by atoms with van der Waals surface area (Å²) < 4.78 is 0. The highest BCUT2D eigenvalue weighted by molar-refractivity contribution is 5.92. The molecule has 0 bridgehead atoms. The molecule has 2 N–H and O–H groups in total. The summed E-state index contributed by atoms with van der Waals surface area (Å²) in [6.07, 6.45) is 13.0. The Kier molecular flexibility index (Phi) is 8.06. The van der Waals surface area contributed by atoms with Crippen molar-refractivity contribution in [2.75, 3.05) is 0 Å². The van der Waals surface area contributed by atoms with Crippen LogP contribution in [0, 0.1) is 12.8 Å². The van der Waals surface area contributed by atoms with Crippen molar-refractivity contribution in [3.05, 3.63) is 76.1 Å². The Hall–Kier alpha value is -3.66. The van der Waals surface area contributed by atoms with Gasteiger partial charge in [-0.25, -0.2) is 0 Å². The van der Waals surface area contributed by atoms with Crippen molar-refractivity contribution in [2.45, 2.75) is 47.5 Å². The van der Waals surface area contributed by atoms with E-state index in [2.05, 4.69) is 75.5 Å². The molecule has 0 atom stereocenters. The maximum atomic E-state index is 10.9. The number of rotatable bonds is 4. The number of aromatic nitrogens is 2. The van der Waals surface area contributed by atoms with Crippen LogP contribution < -0.4 is 10.4 Å². The van der Waals surface area contributed by atoms with E-state index in [-0.39, 0.29) is 11.5 Å². The lowest BCUT2D eigenvalue weighted by Crippen LogP contribution is -2.24. The summed E-state index contributed by atoms with van der Waals surface area (Å²) in [5.74, 6) is 0.584. The van der Waals surface area contributed by atoms with Gasteiger partial charge >= 0.3 is 0 Å². The Labute approximate surface area is 201 Å². The van der Waals surface area contributed by atoms with E-state index >= 15 is 0 Å². The van der Waals surface area contributed by atoms with Gasteiger partial charge in [0, 0.05) is 45.2 Å². The van der Waals surface area contributed by atoms with Crippen LogP contribution in [-0.2, 0) is 6.42 Å². The highest BCUT2D eigenvalue weighted by atomic mass is 16.3. The van der Waals surface area contributed by atoms with Crippen LogP contribution in [0.1, 0.15) is 50.8 Å². The lowest BCUT2D eigenvalue weighted by atomic mass is 9.94. The van der Waals surface area contributed by atoms with E-state index in [9.17, 15) is 10.2 Å². The van der Waals surface area contributed by atoms with Crippen molar-refractivity contribution in [3.8, 4) is 11.5 Å². The summed E-state index contributed by atoms with van der Waals surface area (Å²) in [4.78, 5) is 8.65. The lowest BCUT2D eigenvalue weighted by molar-refractivity contribution is 0.462. The fraction of sp³-hybridized carbons (Fsp3) is 0.267. The molecule has 4 heteroatoms. The number of benzene rings is 2. The highest BCUT2D eigenvalue weighted by Crippen LogP contribution is 2.27. The first-order valence-electron chi connectivity index (χ1n) is 11.8. The molecule has 0 unspecified atom stereocenters. The zero-order chi connectivity index (χ0) is 24.8. The van der Waals surface area contributed by atoms with Crippen LogP contribution in [0.2, 0.25) is 0 Å². The van der Waals surface area contributed by atoms with Crippen molar-refractivity contribution in [3.63, 3.8) is 0 Å². The van der Waals surface area contributed by atoms with Crippen molar-refractivity contribution in [1.29, 1.82) is 0 Å². The van der Waals surface area contributed by atoms with Gasteiger partial charge in [0.1, 0.15) is 11.5 Å². The highest BCUT2D eigenvalue weighted by Gasteiger charge is 2.11. The van der Waals surface area contributed by atoms with Gasteiger partial charge in [-0.1, -0.05) is 65.0 Å². The zero-order valence-corrected chi connectivity index (χ0v) is 20.8. The minimum atomic E-state index is 0.0697. The van der Waals surface area contributed by atoms with E-state index in [0.29, 0.717) is 33.5 Å². The number of hydrogen-bond donors (Lipinski definition) is 2. The molecule has 0 radical (unpaired) electrons. The van der Waals surface area contributed by atoms with E-state index in [0.717, 1.165) is 27.6 Å². The third-order valence-corrected chi connectivity index (χ3v) is 5.65. The van der Waals surface area contributed by atoms with Gasteiger partial charge in [0.2, 0.25) is 0 Å². The van der Waals surface area contributed by atoms with Crippen molar-refractivity contribution >= 4 is 40.4 Å². The van der Waals surface area contributed by atoms with Gasteiger partial charge in [0.05, 0.1) is 5.52 Å². The van der Waals surface area contributed by atoms with Crippen LogP contribution in [-0.4, -0.2) is 20.2 Å². The van der Waals surface area contributed by atoms with Gasteiger partial charge in [-0.15, -0.1) is 0 Å². The third kappa shape index (κ3) is 5.12. The van der Waals surface area contributed by atoms with Crippen LogP contribution >= 0.6 is 0 Å². The Bertz CT molecular complexity index is 1450. The second kappa shape index (κ2) is 11.0. The number of aromatic hydroxyl groups is 2. The molecule has 0 saturated heterocycles. The van der Waals surface area contributed by atoms with Gasteiger partial charge in [0.15, 0.2) is 0 Å². The SMILES string of the molecule is C=c1c(O)c2ccncc2c(O)/c1=C/Cc1cc2cccnc2c(C)c1/C=C\C(C)C.CCC. The average Bonchev–Trinajstić information content (AvgIpc) is 2.82. The van der Waals surface area contributed by atoms with Gasteiger partial charge in [-0.3, -0.25) is 9.97 Å². The molecule has 0 fully saturated rings. The van der Waals surface area contributed by atoms with Gasteiger partial charge in [-0.2, -0.15) is 0 Å². The van der Waals surface area contributed by atoms with Gasteiger partial charge in [0.25, 0.3) is 0 Å². The van der Waals surface area contributed by atoms with Gasteiger partial charge in [-0.05, 0) is 54.2 Å². The number of aryl methyl sites for hydroxylation is 1. The largest absolute Gasteiger partial charge is 0.507 e. The first-order valence-corrected chi connectivity index (χ1v) is 11.8. The molecule has 4 nitrogen and oxygen atoms in total. The summed E-state index contributed by atoms with van der Waals surface area (Å²) in [6.45, 7) is 14.6. The number of nitrogens with zero attached hydrogens (tertiary/aromatic N) is 2. The molecular weight excluding hydrogens is 420 g/mol. The van der Waals surface area contributed by atoms with Gasteiger partial charge < -0.3 is 10.2 Å². The summed E-state index contributed by atoms with van der Waals surface area (Å²) in [7, 11) is 0. The Balaban J connectivity index is 0.00000103. The molecule has 0 spiro atoms. The number of phenols is 2. The Morgan fingerprint density at radius 2 is 1.79 bits per heavy atom. The smallest absolute Gasteiger partial charge is 0.132 e. The van der Waals surface area contributed by atoms with Crippen molar-refractivity contribution < 1.29 is 10.2 Å². The maximum Gasteiger partial charge on any atom is 0.132 e. The lowest BCUT2D eigenvalue weighted by Gasteiger charge is -2.12. The summed E-state index contributed by atoms with van der Waals surface area (Å²) in [5.41, 5.74) is 4.38. The molecule has 176 valence electrons. The molecule has 2 heterocycles. The van der Waals surface area contributed by atoms with E-state index in [4.69, 9.17) is 0 Å². The second-order valence-corrected chi connectivity index (χ2v) is 8.88. The Morgan fingerprint density at radius 3 is 2.50 bits per heavy atom. The van der Waals surface area contributed by atoms with Crippen LogP contribution in [0.4, 0.5) is 0 Å². The monoisotopic (exact) mass is 454 g/mol. The standard InChI is InChI=1S/C27H26N2O2.C3H8/c1-16(2)7-9-21-17(3)25-20(6-5-12-29-25)14-19(21)8-10-22-18(4)26(30)23-11-13-28-15-24(23)27(22)31;1-3-2/h5-7,9-16,30-31H,4,8H2,1-3H3;3H2,1-2H3/b9-7-,22-10+;. The number of pyridine rings is 2. The van der Waals surface area contributed by atoms with Crippen LogP contribution in [0.15, 0.2) is 48.9 Å².